The third-order valence-corrected chi connectivity index (χ3v) is 5.43. The van der Waals surface area contributed by atoms with Crippen molar-refractivity contribution in [3.8, 4) is 0 Å². The average molecular weight is 339 g/mol. The minimum absolute atomic E-state index is 0.120. The molecule has 0 aliphatic heterocycles. The first-order chi connectivity index (χ1) is 11.5. The van der Waals surface area contributed by atoms with Crippen molar-refractivity contribution in [1.82, 2.24) is 0 Å². The molecule has 0 aromatic heterocycles. The Kier molecular flexibility index (Phi) is 11.1. The minimum Gasteiger partial charge on any atom is -0.481 e. The van der Waals surface area contributed by atoms with Crippen molar-refractivity contribution < 1.29 is 15.0 Å². The van der Waals surface area contributed by atoms with Crippen LogP contribution in [0, 0.1) is 11.8 Å². The second kappa shape index (κ2) is 12.5. The van der Waals surface area contributed by atoms with Gasteiger partial charge in [-0.05, 0) is 56.8 Å². The highest BCUT2D eigenvalue weighted by molar-refractivity contribution is 5.66. The molecule has 1 fully saturated rings. The molecular formula is C21H38O3. The molecule has 2 N–H and O–H groups in total. The third kappa shape index (κ3) is 9.46. The van der Waals surface area contributed by atoms with E-state index in [0.29, 0.717) is 11.8 Å². The monoisotopic (exact) mass is 338 g/mol. The van der Waals surface area contributed by atoms with E-state index in [2.05, 4.69) is 13.5 Å². The standard InChI is InChI=1S/C21H38O3/c1-3-4-5-6-7-8-12-19-15-18(16-20(19)22)14-17(2)11-9-10-13-21(23)24/h18-20,22H,2-16H2,1H3,(H,23,24)/t18-,19?,20-/m1/s1. The predicted octanol–water partition coefficient (Wildman–Crippen LogP) is 5.72. The maximum atomic E-state index is 10.5. The fourth-order valence-corrected chi connectivity index (χ4v) is 4.04. The fraction of sp³-hybridized carbons (Fsp3) is 0.857. The van der Waals surface area contributed by atoms with Crippen LogP contribution in [-0.4, -0.2) is 22.3 Å². The van der Waals surface area contributed by atoms with Crippen molar-refractivity contribution in [2.45, 2.75) is 103 Å². The Morgan fingerprint density at radius 1 is 1.00 bits per heavy atom. The summed E-state index contributed by atoms with van der Waals surface area (Å²) in [5.41, 5.74) is 1.23. The summed E-state index contributed by atoms with van der Waals surface area (Å²) < 4.78 is 0. The molecule has 1 unspecified atom stereocenters. The third-order valence-electron chi connectivity index (χ3n) is 5.43. The molecule has 0 bridgehead atoms. The molecular weight excluding hydrogens is 300 g/mol. The molecule has 1 aliphatic rings. The number of allylic oxidation sites excluding steroid dienone is 1. The van der Waals surface area contributed by atoms with Gasteiger partial charge in [-0.2, -0.15) is 0 Å². The summed E-state index contributed by atoms with van der Waals surface area (Å²) in [4.78, 5) is 10.5. The van der Waals surface area contributed by atoms with E-state index in [1.807, 2.05) is 0 Å². The van der Waals surface area contributed by atoms with E-state index in [1.165, 1.54) is 50.5 Å². The van der Waals surface area contributed by atoms with Crippen LogP contribution in [0.3, 0.4) is 0 Å². The van der Waals surface area contributed by atoms with Crippen LogP contribution in [0.25, 0.3) is 0 Å². The van der Waals surface area contributed by atoms with Crippen molar-refractivity contribution in [2.75, 3.05) is 0 Å². The molecule has 0 aromatic rings. The molecule has 3 heteroatoms. The van der Waals surface area contributed by atoms with E-state index in [4.69, 9.17) is 5.11 Å². The molecule has 24 heavy (non-hydrogen) atoms. The van der Waals surface area contributed by atoms with Crippen molar-refractivity contribution in [3.05, 3.63) is 12.2 Å². The molecule has 0 amide bonds. The highest BCUT2D eigenvalue weighted by atomic mass is 16.4. The van der Waals surface area contributed by atoms with Gasteiger partial charge in [-0.1, -0.05) is 57.6 Å². The summed E-state index contributed by atoms with van der Waals surface area (Å²) in [6.07, 6.45) is 14.9. The lowest BCUT2D eigenvalue weighted by molar-refractivity contribution is -0.137. The normalized spacial score (nSPS) is 23.5. The van der Waals surface area contributed by atoms with E-state index in [-0.39, 0.29) is 12.5 Å². The summed E-state index contributed by atoms with van der Waals surface area (Å²) in [6, 6.07) is 0. The van der Waals surface area contributed by atoms with Crippen LogP contribution in [0.4, 0.5) is 0 Å². The molecule has 0 aromatic carbocycles. The van der Waals surface area contributed by atoms with Gasteiger partial charge in [0.15, 0.2) is 0 Å². The van der Waals surface area contributed by atoms with E-state index < -0.39 is 5.97 Å². The number of carboxylic acid groups (broad SMARTS) is 1. The Hall–Kier alpha value is -0.830. The second-order valence-corrected chi connectivity index (χ2v) is 7.78. The van der Waals surface area contributed by atoms with Gasteiger partial charge in [-0.15, -0.1) is 0 Å². The Morgan fingerprint density at radius 2 is 1.67 bits per heavy atom. The summed E-state index contributed by atoms with van der Waals surface area (Å²) >= 11 is 0. The van der Waals surface area contributed by atoms with Crippen LogP contribution in [0.5, 0.6) is 0 Å². The van der Waals surface area contributed by atoms with Crippen molar-refractivity contribution in [1.29, 1.82) is 0 Å². The first-order valence-electron chi connectivity index (χ1n) is 10.1. The topological polar surface area (TPSA) is 57.5 Å². The lowest BCUT2D eigenvalue weighted by atomic mass is 9.93. The maximum Gasteiger partial charge on any atom is 0.303 e. The van der Waals surface area contributed by atoms with E-state index in [9.17, 15) is 9.90 Å². The number of aliphatic carboxylic acids is 1. The van der Waals surface area contributed by atoms with Gasteiger partial charge in [0.05, 0.1) is 6.10 Å². The van der Waals surface area contributed by atoms with Crippen LogP contribution < -0.4 is 0 Å². The van der Waals surface area contributed by atoms with Crippen molar-refractivity contribution in [3.63, 3.8) is 0 Å². The molecule has 1 rings (SSSR count). The van der Waals surface area contributed by atoms with Crippen molar-refractivity contribution >= 4 is 5.97 Å². The molecule has 140 valence electrons. The summed E-state index contributed by atoms with van der Waals surface area (Å²) in [6.45, 7) is 6.40. The number of unbranched alkanes of at least 4 members (excludes halogenated alkanes) is 6. The highest BCUT2D eigenvalue weighted by Crippen LogP contribution is 2.38. The second-order valence-electron chi connectivity index (χ2n) is 7.78. The first-order valence-corrected chi connectivity index (χ1v) is 10.1. The smallest absolute Gasteiger partial charge is 0.303 e. The molecule has 0 heterocycles. The van der Waals surface area contributed by atoms with Crippen LogP contribution in [-0.2, 0) is 4.79 Å². The predicted molar refractivity (Wildman–Crippen MR) is 100 cm³/mol. The number of carbonyl (C=O) groups is 1. The Bertz CT molecular complexity index is 364. The largest absolute Gasteiger partial charge is 0.481 e. The number of aliphatic hydroxyl groups is 1. The van der Waals surface area contributed by atoms with Crippen LogP contribution in [0.1, 0.15) is 96.8 Å². The van der Waals surface area contributed by atoms with Gasteiger partial charge in [0.25, 0.3) is 0 Å². The molecule has 0 spiro atoms. The number of hydrogen-bond acceptors (Lipinski definition) is 2. The van der Waals surface area contributed by atoms with Crippen LogP contribution >= 0.6 is 0 Å². The van der Waals surface area contributed by atoms with Gasteiger partial charge < -0.3 is 10.2 Å². The van der Waals surface area contributed by atoms with E-state index in [1.54, 1.807) is 0 Å². The minimum atomic E-state index is -0.711. The lowest BCUT2D eigenvalue weighted by Crippen LogP contribution is -2.12. The number of rotatable bonds is 14. The van der Waals surface area contributed by atoms with Crippen molar-refractivity contribution in [2.24, 2.45) is 11.8 Å². The zero-order chi connectivity index (χ0) is 17.8. The Labute approximate surface area is 148 Å². The molecule has 0 saturated heterocycles. The molecule has 1 saturated carbocycles. The zero-order valence-electron chi connectivity index (χ0n) is 15.6. The summed E-state index contributed by atoms with van der Waals surface area (Å²) in [5, 5.41) is 18.9. The average Bonchev–Trinajstić information content (AvgIpc) is 2.86. The summed E-state index contributed by atoms with van der Waals surface area (Å²) in [5.74, 6) is 0.357. The van der Waals surface area contributed by atoms with E-state index >= 15 is 0 Å². The van der Waals surface area contributed by atoms with Crippen LogP contribution in [0.2, 0.25) is 0 Å². The molecule has 0 radical (unpaired) electrons. The van der Waals surface area contributed by atoms with Gasteiger partial charge in [-0.3, -0.25) is 4.79 Å². The van der Waals surface area contributed by atoms with Gasteiger partial charge in [-0.25, -0.2) is 0 Å². The zero-order valence-corrected chi connectivity index (χ0v) is 15.6. The number of aliphatic hydroxyl groups excluding tert-OH is 1. The molecule has 3 atom stereocenters. The van der Waals surface area contributed by atoms with Gasteiger partial charge >= 0.3 is 5.97 Å². The van der Waals surface area contributed by atoms with Crippen LogP contribution in [0.15, 0.2) is 12.2 Å². The quantitative estimate of drug-likeness (QED) is 0.315. The SMILES string of the molecule is C=C(CCCCC(=O)O)C[C@@H]1CC(CCCCCCCC)[C@H](O)C1. The molecule has 3 nitrogen and oxygen atoms in total. The van der Waals surface area contributed by atoms with Gasteiger partial charge in [0.2, 0.25) is 0 Å². The summed E-state index contributed by atoms with van der Waals surface area (Å²) in [7, 11) is 0. The number of carboxylic acids is 1. The maximum absolute atomic E-state index is 10.5. The Balaban J connectivity index is 2.11. The lowest BCUT2D eigenvalue weighted by Gasteiger charge is -2.14. The van der Waals surface area contributed by atoms with Gasteiger partial charge in [0.1, 0.15) is 0 Å². The Morgan fingerprint density at radius 3 is 2.38 bits per heavy atom. The van der Waals surface area contributed by atoms with Gasteiger partial charge in [0, 0.05) is 6.42 Å². The van der Waals surface area contributed by atoms with E-state index in [0.717, 1.165) is 38.5 Å². The fourth-order valence-electron chi connectivity index (χ4n) is 4.04. The number of hydrogen-bond donors (Lipinski definition) is 2. The molecule has 1 aliphatic carbocycles. The highest BCUT2D eigenvalue weighted by Gasteiger charge is 2.32. The first kappa shape index (κ1) is 21.2.